The van der Waals surface area contributed by atoms with Gasteiger partial charge in [0.05, 0.1) is 0 Å². The third kappa shape index (κ3) is 5.49. The molecule has 0 amide bonds. The summed E-state index contributed by atoms with van der Waals surface area (Å²) >= 11 is 0. The van der Waals surface area contributed by atoms with Crippen molar-refractivity contribution in [1.29, 1.82) is 0 Å². The lowest BCUT2D eigenvalue weighted by Gasteiger charge is -2.31. The van der Waals surface area contributed by atoms with E-state index in [1.54, 1.807) is 0 Å². The fraction of sp³-hybridized carbons (Fsp3) is 0.370. The van der Waals surface area contributed by atoms with Crippen LogP contribution in [0.4, 0.5) is 17.1 Å². The summed E-state index contributed by atoms with van der Waals surface area (Å²) in [5.41, 5.74) is 17.6. The number of nitrogens with zero attached hydrogens (tertiary/aromatic N) is 1. The van der Waals surface area contributed by atoms with Crippen LogP contribution < -0.4 is 4.90 Å². The zero-order chi connectivity index (χ0) is 39.9. The van der Waals surface area contributed by atoms with E-state index in [9.17, 15) is 0 Å². The molecule has 0 fully saturated rings. The number of furan rings is 1. The maximum Gasteiger partial charge on any atom is 0.139 e. The van der Waals surface area contributed by atoms with Crippen molar-refractivity contribution >= 4 is 39.0 Å². The molecule has 0 saturated carbocycles. The number of allylic oxidation sites excluding steroid dienone is 4. The molecule has 2 atom stereocenters. The lowest BCUT2D eigenvalue weighted by molar-refractivity contribution is 0.394. The summed E-state index contributed by atoms with van der Waals surface area (Å²) in [6, 6.07) is 33.2. The van der Waals surface area contributed by atoms with Gasteiger partial charge in [-0.25, -0.2) is 0 Å². The van der Waals surface area contributed by atoms with Gasteiger partial charge >= 0.3 is 0 Å². The van der Waals surface area contributed by atoms with Crippen molar-refractivity contribution in [2.24, 2.45) is 5.92 Å². The molecule has 0 aliphatic heterocycles. The van der Waals surface area contributed by atoms with Crippen molar-refractivity contribution in [3.63, 3.8) is 0 Å². The van der Waals surface area contributed by atoms with Crippen molar-refractivity contribution < 1.29 is 4.42 Å². The molecule has 2 heteroatoms. The summed E-state index contributed by atoms with van der Waals surface area (Å²) in [5, 5.41) is 2.36. The fourth-order valence-electron chi connectivity index (χ4n) is 10.1. The molecule has 0 spiro atoms. The Hall–Kier alpha value is -4.82. The third-order valence-corrected chi connectivity index (χ3v) is 13.6. The van der Waals surface area contributed by atoms with Crippen LogP contribution in [-0.4, -0.2) is 0 Å². The second kappa shape index (κ2) is 11.9. The van der Waals surface area contributed by atoms with Gasteiger partial charge in [-0.05, 0) is 115 Å². The van der Waals surface area contributed by atoms with E-state index in [1.165, 1.54) is 66.5 Å². The standard InChI is InChI=1S/C54H59NO/c1-50(2,3)32-18-22-38-40-24-20-35(30-46(40)54(12,13)44(38)27-32)55(34-19-23-39-37-16-14-15-17-43(37)53(10,11)45(39)29-34)36-21-25-41-42-26-33(51(4,5)6)28-47(52(7,8)9)49(42)56-48(41)31-36/h14-31,37,43H,1-13H3. The second-order valence-electron chi connectivity index (χ2n) is 21.2. The Labute approximate surface area is 335 Å². The maximum atomic E-state index is 6.96. The molecule has 56 heavy (non-hydrogen) atoms. The molecule has 3 aliphatic carbocycles. The van der Waals surface area contributed by atoms with Gasteiger partial charge in [-0.3, -0.25) is 0 Å². The second-order valence-corrected chi connectivity index (χ2v) is 21.2. The summed E-state index contributed by atoms with van der Waals surface area (Å²) in [6.07, 6.45) is 9.27. The molecule has 3 aliphatic rings. The SMILES string of the molecule is CC(C)(C)c1ccc2c(c1)C(C)(C)c1cc(N(c3ccc4c(c3)C(C)(C)C3C=CC=CC43)c3ccc4c(c3)oc3c(C(C)(C)C)cc(C(C)(C)C)cc34)ccc1-2. The summed E-state index contributed by atoms with van der Waals surface area (Å²) in [7, 11) is 0. The van der Waals surface area contributed by atoms with Gasteiger partial charge in [-0.15, -0.1) is 0 Å². The normalized spacial score (nSPS) is 19.3. The molecule has 286 valence electrons. The molecular formula is C54H59NO. The van der Waals surface area contributed by atoms with Crippen LogP contribution in [0.2, 0.25) is 0 Å². The van der Waals surface area contributed by atoms with Gasteiger partial charge in [0, 0.05) is 50.8 Å². The van der Waals surface area contributed by atoms with E-state index >= 15 is 0 Å². The van der Waals surface area contributed by atoms with Crippen molar-refractivity contribution in [3.05, 3.63) is 148 Å². The first kappa shape index (κ1) is 36.8. The van der Waals surface area contributed by atoms with Crippen LogP contribution in [0.15, 0.2) is 114 Å². The third-order valence-electron chi connectivity index (χ3n) is 13.6. The zero-order valence-corrected chi connectivity index (χ0v) is 35.9. The molecular weight excluding hydrogens is 679 g/mol. The number of anilines is 3. The zero-order valence-electron chi connectivity index (χ0n) is 35.9. The highest BCUT2D eigenvalue weighted by Gasteiger charge is 2.45. The minimum absolute atomic E-state index is 0.00603. The Morgan fingerprint density at radius 3 is 1.80 bits per heavy atom. The van der Waals surface area contributed by atoms with Gasteiger partial charge in [-0.1, -0.05) is 151 Å². The van der Waals surface area contributed by atoms with Crippen LogP contribution in [0.3, 0.4) is 0 Å². The minimum atomic E-state index is -0.140. The molecule has 9 rings (SSSR count). The van der Waals surface area contributed by atoms with Gasteiger partial charge in [0.15, 0.2) is 0 Å². The summed E-state index contributed by atoms with van der Waals surface area (Å²) in [4.78, 5) is 2.47. The number of hydrogen-bond acceptors (Lipinski definition) is 2. The molecule has 6 aromatic rings. The molecule has 1 heterocycles. The summed E-state index contributed by atoms with van der Waals surface area (Å²) in [5.74, 6) is 0.858. The Morgan fingerprint density at radius 2 is 1.12 bits per heavy atom. The largest absolute Gasteiger partial charge is 0.456 e. The van der Waals surface area contributed by atoms with Gasteiger partial charge < -0.3 is 9.32 Å². The highest BCUT2D eigenvalue weighted by atomic mass is 16.3. The predicted molar refractivity (Wildman–Crippen MR) is 240 cm³/mol. The van der Waals surface area contributed by atoms with Crippen molar-refractivity contribution in [3.8, 4) is 11.1 Å². The molecule has 0 bridgehead atoms. The van der Waals surface area contributed by atoms with Gasteiger partial charge in [0.25, 0.3) is 0 Å². The summed E-state index contributed by atoms with van der Waals surface area (Å²) < 4.78 is 6.96. The predicted octanol–water partition coefficient (Wildman–Crippen LogP) is 15.4. The van der Waals surface area contributed by atoms with E-state index in [-0.39, 0.29) is 27.1 Å². The summed E-state index contributed by atoms with van der Waals surface area (Å²) in [6.45, 7) is 30.4. The van der Waals surface area contributed by atoms with E-state index in [2.05, 4.69) is 204 Å². The average Bonchev–Trinajstić information content (AvgIpc) is 3.69. The van der Waals surface area contributed by atoms with E-state index in [1.807, 2.05) is 0 Å². The van der Waals surface area contributed by atoms with Crippen molar-refractivity contribution in [2.45, 2.75) is 123 Å². The molecule has 1 aromatic heterocycles. The van der Waals surface area contributed by atoms with Gasteiger partial charge in [0.1, 0.15) is 11.2 Å². The average molecular weight is 738 g/mol. The van der Waals surface area contributed by atoms with Crippen LogP contribution in [0.5, 0.6) is 0 Å². The fourth-order valence-corrected chi connectivity index (χ4v) is 10.1. The molecule has 2 unspecified atom stereocenters. The van der Waals surface area contributed by atoms with Crippen LogP contribution in [0.1, 0.15) is 135 Å². The molecule has 0 radical (unpaired) electrons. The lowest BCUT2D eigenvalue weighted by Crippen LogP contribution is -2.24. The number of benzene rings is 5. The smallest absolute Gasteiger partial charge is 0.139 e. The first-order chi connectivity index (χ1) is 26.2. The number of fused-ring (bicyclic) bond motifs is 9. The maximum absolute atomic E-state index is 6.96. The Kier molecular flexibility index (Phi) is 7.79. The monoisotopic (exact) mass is 737 g/mol. The highest BCUT2D eigenvalue weighted by molar-refractivity contribution is 6.08. The molecule has 0 N–H and O–H groups in total. The molecule has 0 saturated heterocycles. The molecule has 5 aromatic carbocycles. The number of hydrogen-bond donors (Lipinski definition) is 0. The Balaban J connectivity index is 1.25. The van der Waals surface area contributed by atoms with Crippen LogP contribution in [0, 0.1) is 5.92 Å². The van der Waals surface area contributed by atoms with E-state index in [0.29, 0.717) is 11.8 Å². The van der Waals surface area contributed by atoms with Crippen molar-refractivity contribution in [2.75, 3.05) is 4.90 Å². The number of rotatable bonds is 3. The first-order valence-corrected chi connectivity index (χ1v) is 20.8. The van der Waals surface area contributed by atoms with Crippen LogP contribution in [-0.2, 0) is 27.1 Å². The van der Waals surface area contributed by atoms with E-state index in [4.69, 9.17) is 4.42 Å². The van der Waals surface area contributed by atoms with E-state index in [0.717, 1.165) is 22.5 Å². The quantitative estimate of drug-likeness (QED) is 0.180. The first-order valence-electron chi connectivity index (χ1n) is 20.8. The van der Waals surface area contributed by atoms with Gasteiger partial charge in [0.2, 0.25) is 0 Å². The lowest BCUT2D eigenvalue weighted by atomic mass is 9.74. The minimum Gasteiger partial charge on any atom is -0.456 e. The Morgan fingerprint density at radius 1 is 0.536 bits per heavy atom. The van der Waals surface area contributed by atoms with E-state index < -0.39 is 0 Å². The highest BCUT2D eigenvalue weighted by Crippen LogP contribution is 2.56. The van der Waals surface area contributed by atoms with Gasteiger partial charge in [-0.2, -0.15) is 0 Å². The van der Waals surface area contributed by atoms with Crippen LogP contribution in [0.25, 0.3) is 33.1 Å². The van der Waals surface area contributed by atoms with Crippen molar-refractivity contribution in [1.82, 2.24) is 0 Å². The van der Waals surface area contributed by atoms with Crippen LogP contribution >= 0.6 is 0 Å². The molecule has 2 nitrogen and oxygen atoms in total. The topological polar surface area (TPSA) is 16.4 Å². The Bertz CT molecular complexity index is 2650.